The van der Waals surface area contributed by atoms with E-state index in [9.17, 15) is 4.79 Å². The van der Waals surface area contributed by atoms with E-state index in [4.69, 9.17) is 10.3 Å². The molecule has 1 amide bonds. The third-order valence-corrected chi connectivity index (χ3v) is 5.45. The summed E-state index contributed by atoms with van der Waals surface area (Å²) in [5.41, 5.74) is 7.36. The minimum atomic E-state index is -0.435. The second-order valence-corrected chi connectivity index (χ2v) is 7.28. The van der Waals surface area contributed by atoms with E-state index in [1.54, 1.807) is 11.8 Å². The number of carbonyl (C=O) groups is 1. The molecule has 1 aliphatic heterocycles. The highest BCUT2D eigenvalue weighted by atomic mass is 32.2. The highest BCUT2D eigenvalue weighted by molar-refractivity contribution is 8.00. The first kappa shape index (κ1) is 13.8. The van der Waals surface area contributed by atoms with Gasteiger partial charge in [-0.3, -0.25) is 4.79 Å². The molecule has 2 heterocycles. The molecule has 2 aromatic rings. The molecule has 1 unspecified atom stereocenters. The van der Waals surface area contributed by atoms with Crippen molar-refractivity contribution in [2.75, 3.05) is 5.32 Å². The topological polar surface area (TPSA) is 94.0 Å². The number of rotatable bonds is 2. The summed E-state index contributed by atoms with van der Waals surface area (Å²) in [6.07, 6.45) is 2.88. The summed E-state index contributed by atoms with van der Waals surface area (Å²) in [5.74, 6) is 1.02. The van der Waals surface area contributed by atoms with Crippen molar-refractivity contribution in [1.82, 2.24) is 10.1 Å². The maximum Gasteiger partial charge on any atom is 0.258 e. The standard InChI is InChI=1S/C15H16N4O2S/c1-8-12(20)17-10-7-9(3-4-11(10)22-8)13-18-14(19-21-13)15(16)5-2-6-15/h3-4,7-8H,2,5-6,16H2,1H3,(H,17,20). The summed E-state index contributed by atoms with van der Waals surface area (Å²) in [5, 5.41) is 6.85. The van der Waals surface area contributed by atoms with Gasteiger partial charge in [-0.15, -0.1) is 11.8 Å². The molecule has 0 spiro atoms. The van der Waals surface area contributed by atoms with Gasteiger partial charge in [0.2, 0.25) is 5.91 Å². The highest BCUT2D eigenvalue weighted by Crippen LogP contribution is 2.40. The number of nitrogens with two attached hydrogens (primary N) is 1. The van der Waals surface area contributed by atoms with Crippen molar-refractivity contribution in [3.8, 4) is 11.5 Å². The second-order valence-electron chi connectivity index (χ2n) is 5.89. The molecular weight excluding hydrogens is 300 g/mol. The van der Waals surface area contributed by atoms with Crippen molar-refractivity contribution in [1.29, 1.82) is 0 Å². The van der Waals surface area contributed by atoms with E-state index in [1.807, 2.05) is 25.1 Å². The van der Waals surface area contributed by atoms with Gasteiger partial charge >= 0.3 is 0 Å². The summed E-state index contributed by atoms with van der Waals surface area (Å²) in [7, 11) is 0. The van der Waals surface area contributed by atoms with Crippen LogP contribution in [0.2, 0.25) is 0 Å². The van der Waals surface area contributed by atoms with Gasteiger partial charge in [-0.25, -0.2) is 0 Å². The van der Waals surface area contributed by atoms with Crippen molar-refractivity contribution >= 4 is 23.4 Å². The number of carbonyl (C=O) groups excluding carboxylic acids is 1. The molecule has 1 saturated carbocycles. The zero-order chi connectivity index (χ0) is 15.3. The average Bonchev–Trinajstić information content (AvgIpc) is 2.96. The lowest BCUT2D eigenvalue weighted by Gasteiger charge is -2.34. The van der Waals surface area contributed by atoms with Gasteiger partial charge < -0.3 is 15.6 Å². The van der Waals surface area contributed by atoms with Crippen molar-refractivity contribution in [3.05, 3.63) is 24.0 Å². The van der Waals surface area contributed by atoms with Crippen molar-refractivity contribution < 1.29 is 9.32 Å². The Morgan fingerprint density at radius 1 is 1.45 bits per heavy atom. The fourth-order valence-corrected chi connectivity index (χ4v) is 3.60. The molecule has 3 N–H and O–H groups in total. The SMILES string of the molecule is CC1Sc2ccc(-c3nc(C4(N)CCC4)no3)cc2NC1=O. The number of hydrogen-bond acceptors (Lipinski definition) is 6. The quantitative estimate of drug-likeness (QED) is 0.884. The molecule has 2 aliphatic rings. The smallest absolute Gasteiger partial charge is 0.258 e. The van der Waals surface area contributed by atoms with Crippen LogP contribution in [0.1, 0.15) is 32.0 Å². The van der Waals surface area contributed by atoms with Crippen LogP contribution in [-0.2, 0) is 10.3 Å². The van der Waals surface area contributed by atoms with E-state index >= 15 is 0 Å². The first-order valence-corrected chi connectivity index (χ1v) is 8.18. The maximum absolute atomic E-state index is 11.8. The number of benzene rings is 1. The number of hydrogen-bond donors (Lipinski definition) is 2. The number of fused-ring (bicyclic) bond motifs is 1. The summed E-state index contributed by atoms with van der Waals surface area (Å²) in [6.45, 7) is 1.89. The normalized spacial score (nSPS) is 22.6. The Hall–Kier alpha value is -1.86. The van der Waals surface area contributed by atoms with Crippen LogP contribution in [0, 0.1) is 0 Å². The Morgan fingerprint density at radius 3 is 3.00 bits per heavy atom. The molecule has 4 rings (SSSR count). The molecule has 22 heavy (non-hydrogen) atoms. The molecule has 1 aromatic heterocycles. The lowest BCUT2D eigenvalue weighted by Crippen LogP contribution is -2.44. The Kier molecular flexibility index (Phi) is 3.02. The van der Waals surface area contributed by atoms with Crippen molar-refractivity contribution in [3.63, 3.8) is 0 Å². The number of thioether (sulfide) groups is 1. The van der Waals surface area contributed by atoms with Crippen LogP contribution in [0.15, 0.2) is 27.6 Å². The first-order valence-electron chi connectivity index (χ1n) is 7.30. The fourth-order valence-electron chi connectivity index (χ4n) is 2.67. The maximum atomic E-state index is 11.8. The van der Waals surface area contributed by atoms with Gasteiger partial charge in [0.25, 0.3) is 5.89 Å². The molecule has 0 radical (unpaired) electrons. The van der Waals surface area contributed by atoms with E-state index < -0.39 is 5.54 Å². The Bertz CT molecular complexity index is 754. The van der Waals surface area contributed by atoms with Gasteiger partial charge in [-0.05, 0) is 44.4 Å². The highest BCUT2D eigenvalue weighted by Gasteiger charge is 2.39. The molecule has 1 atom stereocenters. The number of nitrogens with one attached hydrogen (secondary N) is 1. The van der Waals surface area contributed by atoms with Crippen LogP contribution in [0.5, 0.6) is 0 Å². The minimum Gasteiger partial charge on any atom is -0.334 e. The molecule has 114 valence electrons. The van der Waals surface area contributed by atoms with Gasteiger partial charge in [0.15, 0.2) is 5.82 Å². The molecule has 6 nitrogen and oxygen atoms in total. The van der Waals surface area contributed by atoms with Crippen LogP contribution < -0.4 is 11.1 Å². The van der Waals surface area contributed by atoms with Crippen LogP contribution >= 0.6 is 11.8 Å². The lowest BCUT2D eigenvalue weighted by atomic mass is 9.77. The predicted molar refractivity (Wildman–Crippen MR) is 83.4 cm³/mol. The van der Waals surface area contributed by atoms with Crippen molar-refractivity contribution in [2.24, 2.45) is 5.73 Å². The fraction of sp³-hybridized carbons (Fsp3) is 0.400. The largest absolute Gasteiger partial charge is 0.334 e. The van der Waals surface area contributed by atoms with Gasteiger partial charge in [0.1, 0.15) is 0 Å². The summed E-state index contributed by atoms with van der Waals surface area (Å²) in [6, 6.07) is 5.77. The van der Waals surface area contributed by atoms with Crippen LogP contribution in [0.3, 0.4) is 0 Å². The van der Waals surface area contributed by atoms with Gasteiger partial charge in [-0.1, -0.05) is 5.16 Å². The third-order valence-electron chi connectivity index (χ3n) is 4.27. The van der Waals surface area contributed by atoms with Crippen LogP contribution in [-0.4, -0.2) is 21.3 Å². The van der Waals surface area contributed by atoms with Gasteiger partial charge in [0, 0.05) is 10.5 Å². The zero-order valence-electron chi connectivity index (χ0n) is 12.1. The Labute approximate surface area is 131 Å². The van der Waals surface area contributed by atoms with E-state index in [0.29, 0.717) is 11.7 Å². The van der Waals surface area contributed by atoms with E-state index in [1.165, 1.54) is 0 Å². The average molecular weight is 316 g/mol. The predicted octanol–water partition coefficient (Wildman–Crippen LogP) is 2.51. The molecule has 0 bridgehead atoms. The number of anilines is 1. The molecule has 7 heteroatoms. The molecule has 1 fully saturated rings. The van der Waals surface area contributed by atoms with Gasteiger partial charge in [-0.2, -0.15) is 4.98 Å². The molecular formula is C15H16N4O2S. The van der Waals surface area contributed by atoms with Gasteiger partial charge in [0.05, 0.1) is 16.5 Å². The molecule has 0 saturated heterocycles. The van der Waals surface area contributed by atoms with Crippen molar-refractivity contribution in [2.45, 2.75) is 41.9 Å². The van der Waals surface area contributed by atoms with E-state index in [-0.39, 0.29) is 11.2 Å². The minimum absolute atomic E-state index is 0.0104. The third kappa shape index (κ3) is 2.12. The summed E-state index contributed by atoms with van der Waals surface area (Å²) < 4.78 is 5.35. The molecule has 1 aromatic carbocycles. The number of amides is 1. The second kappa shape index (κ2) is 4.82. The Morgan fingerprint density at radius 2 is 2.27 bits per heavy atom. The van der Waals surface area contributed by atoms with Crippen LogP contribution in [0.25, 0.3) is 11.5 Å². The van der Waals surface area contributed by atoms with E-state index in [2.05, 4.69) is 15.5 Å². The number of nitrogens with zero attached hydrogens (tertiary/aromatic N) is 2. The van der Waals surface area contributed by atoms with E-state index in [0.717, 1.165) is 35.4 Å². The first-order chi connectivity index (χ1) is 10.5. The number of aromatic nitrogens is 2. The lowest BCUT2D eigenvalue weighted by molar-refractivity contribution is -0.115. The Balaban J connectivity index is 1.66. The monoisotopic (exact) mass is 316 g/mol. The summed E-state index contributed by atoms with van der Waals surface area (Å²) in [4.78, 5) is 17.3. The zero-order valence-corrected chi connectivity index (χ0v) is 12.9. The summed E-state index contributed by atoms with van der Waals surface area (Å²) >= 11 is 1.55. The molecule has 1 aliphatic carbocycles. The van der Waals surface area contributed by atoms with Crippen LogP contribution in [0.4, 0.5) is 5.69 Å².